The fourth-order valence-corrected chi connectivity index (χ4v) is 1.53. The third-order valence-electron chi connectivity index (χ3n) is 2.55. The molecule has 4 heteroatoms. The van der Waals surface area contributed by atoms with E-state index in [4.69, 9.17) is 4.74 Å². The molecular weight excluding hydrogens is 236 g/mol. The van der Waals surface area contributed by atoms with Gasteiger partial charge in [-0.1, -0.05) is 13.8 Å². The van der Waals surface area contributed by atoms with Crippen molar-refractivity contribution in [3.63, 3.8) is 0 Å². The van der Waals surface area contributed by atoms with Crippen LogP contribution in [0.3, 0.4) is 0 Å². The van der Waals surface area contributed by atoms with Crippen LogP contribution in [-0.4, -0.2) is 19.2 Å². The van der Waals surface area contributed by atoms with Crippen LogP contribution in [0.4, 0.5) is 8.78 Å². The van der Waals surface area contributed by atoms with Crippen LogP contribution in [0.5, 0.6) is 5.75 Å². The fourth-order valence-electron chi connectivity index (χ4n) is 1.53. The molecule has 0 heterocycles. The van der Waals surface area contributed by atoms with Gasteiger partial charge in [-0.3, -0.25) is 0 Å². The van der Waals surface area contributed by atoms with Crippen molar-refractivity contribution in [2.45, 2.75) is 33.3 Å². The van der Waals surface area contributed by atoms with Gasteiger partial charge < -0.3 is 10.1 Å². The lowest BCUT2D eigenvalue weighted by Gasteiger charge is -2.16. The Kier molecular flexibility index (Phi) is 6.05. The molecule has 0 fully saturated rings. The second kappa shape index (κ2) is 7.31. The molecule has 0 aliphatic heterocycles. The molecule has 18 heavy (non-hydrogen) atoms. The zero-order chi connectivity index (χ0) is 13.5. The lowest BCUT2D eigenvalue weighted by Crippen LogP contribution is -2.30. The van der Waals surface area contributed by atoms with Crippen LogP contribution < -0.4 is 10.1 Å². The molecule has 0 saturated carbocycles. The molecule has 1 atom stereocenters. The summed E-state index contributed by atoms with van der Waals surface area (Å²) < 4.78 is 31.4. The third-order valence-corrected chi connectivity index (χ3v) is 2.55. The van der Waals surface area contributed by atoms with E-state index >= 15 is 0 Å². The molecule has 0 amide bonds. The summed E-state index contributed by atoms with van der Waals surface area (Å²) in [7, 11) is 0. The van der Waals surface area contributed by atoms with E-state index in [1.54, 1.807) is 0 Å². The van der Waals surface area contributed by atoms with E-state index in [-0.39, 0.29) is 11.9 Å². The molecule has 1 aromatic rings. The third kappa shape index (κ3) is 5.45. The minimum atomic E-state index is -0.663. The number of rotatable bonds is 7. The van der Waals surface area contributed by atoms with Crippen LogP contribution in [0.2, 0.25) is 0 Å². The monoisotopic (exact) mass is 257 g/mol. The standard InChI is InChI=1S/C14H21F2NO/c1-10(2)6-7-17-9-11(3)18-14-5-4-12(15)8-13(14)16/h4-5,8,10-11,17H,6-7,9H2,1-3H3. The Balaban J connectivity index is 2.33. The normalized spacial score (nSPS) is 12.8. The van der Waals surface area contributed by atoms with Crippen molar-refractivity contribution in [3.8, 4) is 5.75 Å². The van der Waals surface area contributed by atoms with Crippen molar-refractivity contribution in [1.29, 1.82) is 0 Å². The van der Waals surface area contributed by atoms with Crippen LogP contribution in [0.1, 0.15) is 27.2 Å². The van der Waals surface area contributed by atoms with Crippen molar-refractivity contribution in [3.05, 3.63) is 29.8 Å². The highest BCUT2D eigenvalue weighted by Crippen LogP contribution is 2.18. The van der Waals surface area contributed by atoms with Crippen molar-refractivity contribution in [1.82, 2.24) is 5.32 Å². The Hall–Kier alpha value is -1.16. The maximum atomic E-state index is 13.3. The summed E-state index contributed by atoms with van der Waals surface area (Å²) in [5, 5.41) is 3.25. The summed E-state index contributed by atoms with van der Waals surface area (Å²) in [4.78, 5) is 0. The van der Waals surface area contributed by atoms with Crippen LogP contribution in [0, 0.1) is 17.6 Å². The second-order valence-electron chi connectivity index (χ2n) is 4.89. The average molecular weight is 257 g/mol. The summed E-state index contributed by atoms with van der Waals surface area (Å²) >= 11 is 0. The number of hydrogen-bond donors (Lipinski definition) is 1. The smallest absolute Gasteiger partial charge is 0.167 e. The summed E-state index contributed by atoms with van der Waals surface area (Å²) in [5.41, 5.74) is 0. The average Bonchev–Trinajstić information content (AvgIpc) is 2.28. The lowest BCUT2D eigenvalue weighted by molar-refractivity contribution is 0.207. The molecule has 2 nitrogen and oxygen atoms in total. The predicted octanol–water partition coefficient (Wildman–Crippen LogP) is 3.37. The molecule has 0 radical (unpaired) electrons. The number of ether oxygens (including phenoxy) is 1. The van der Waals surface area contributed by atoms with Gasteiger partial charge in [0.05, 0.1) is 0 Å². The lowest BCUT2D eigenvalue weighted by atomic mass is 10.1. The molecule has 0 bridgehead atoms. The van der Waals surface area contributed by atoms with Crippen molar-refractivity contribution >= 4 is 0 Å². The van der Waals surface area contributed by atoms with E-state index < -0.39 is 11.6 Å². The van der Waals surface area contributed by atoms with Crippen LogP contribution in [0.25, 0.3) is 0 Å². The van der Waals surface area contributed by atoms with E-state index in [1.807, 2.05) is 6.92 Å². The maximum absolute atomic E-state index is 13.3. The van der Waals surface area contributed by atoms with Gasteiger partial charge in [-0.2, -0.15) is 0 Å². The highest BCUT2D eigenvalue weighted by Gasteiger charge is 2.09. The first-order chi connectivity index (χ1) is 8.49. The van der Waals surface area contributed by atoms with Gasteiger partial charge in [-0.25, -0.2) is 8.78 Å². The zero-order valence-corrected chi connectivity index (χ0v) is 11.2. The van der Waals surface area contributed by atoms with E-state index in [0.717, 1.165) is 19.0 Å². The number of halogens is 2. The quantitative estimate of drug-likeness (QED) is 0.756. The Bertz CT molecular complexity index is 369. The first-order valence-electron chi connectivity index (χ1n) is 6.31. The van der Waals surface area contributed by atoms with E-state index in [0.29, 0.717) is 12.5 Å². The molecule has 1 aromatic carbocycles. The number of hydrogen-bond acceptors (Lipinski definition) is 2. The molecule has 0 aromatic heterocycles. The molecule has 1 unspecified atom stereocenters. The van der Waals surface area contributed by atoms with Gasteiger partial charge in [0.2, 0.25) is 0 Å². The van der Waals surface area contributed by atoms with Crippen LogP contribution in [0.15, 0.2) is 18.2 Å². The van der Waals surface area contributed by atoms with Gasteiger partial charge in [0.25, 0.3) is 0 Å². The minimum Gasteiger partial charge on any atom is -0.486 e. The molecule has 0 aliphatic carbocycles. The van der Waals surface area contributed by atoms with Gasteiger partial charge in [-0.05, 0) is 37.9 Å². The largest absolute Gasteiger partial charge is 0.486 e. The minimum absolute atomic E-state index is 0.0922. The summed E-state index contributed by atoms with van der Waals surface area (Å²) in [6.45, 7) is 7.73. The maximum Gasteiger partial charge on any atom is 0.167 e. The van der Waals surface area contributed by atoms with Gasteiger partial charge in [0, 0.05) is 12.6 Å². The van der Waals surface area contributed by atoms with Gasteiger partial charge >= 0.3 is 0 Å². The fraction of sp³-hybridized carbons (Fsp3) is 0.571. The van der Waals surface area contributed by atoms with Crippen molar-refractivity contribution < 1.29 is 13.5 Å². The number of nitrogens with one attached hydrogen (secondary N) is 1. The van der Waals surface area contributed by atoms with Crippen molar-refractivity contribution in [2.75, 3.05) is 13.1 Å². The molecule has 1 N–H and O–H groups in total. The predicted molar refractivity (Wildman–Crippen MR) is 68.8 cm³/mol. The molecule has 0 spiro atoms. The first-order valence-corrected chi connectivity index (χ1v) is 6.31. The van der Waals surface area contributed by atoms with E-state index in [2.05, 4.69) is 19.2 Å². The van der Waals surface area contributed by atoms with Gasteiger partial charge in [-0.15, -0.1) is 0 Å². The topological polar surface area (TPSA) is 21.3 Å². The highest BCUT2D eigenvalue weighted by molar-refractivity contribution is 5.24. The summed E-state index contributed by atoms with van der Waals surface area (Å²) in [5.74, 6) is -0.510. The van der Waals surface area contributed by atoms with Gasteiger partial charge in [0.1, 0.15) is 11.9 Å². The second-order valence-corrected chi connectivity index (χ2v) is 4.89. The molecule has 102 valence electrons. The van der Waals surface area contributed by atoms with Crippen LogP contribution >= 0.6 is 0 Å². The Morgan fingerprint density at radius 2 is 1.94 bits per heavy atom. The van der Waals surface area contributed by atoms with Crippen molar-refractivity contribution in [2.24, 2.45) is 5.92 Å². The SMILES string of the molecule is CC(C)CCNCC(C)Oc1ccc(F)cc1F. The molecular formula is C14H21F2NO. The molecule has 0 saturated heterocycles. The molecule has 1 rings (SSSR count). The summed E-state index contributed by atoms with van der Waals surface area (Å²) in [6, 6.07) is 3.33. The Labute approximate surface area is 107 Å². The van der Waals surface area contributed by atoms with Crippen LogP contribution in [-0.2, 0) is 0 Å². The Morgan fingerprint density at radius 1 is 1.22 bits per heavy atom. The summed E-state index contributed by atoms with van der Waals surface area (Å²) in [6.07, 6.45) is 0.939. The first kappa shape index (κ1) is 14.9. The van der Waals surface area contributed by atoms with E-state index in [9.17, 15) is 8.78 Å². The van der Waals surface area contributed by atoms with E-state index in [1.165, 1.54) is 12.1 Å². The Morgan fingerprint density at radius 3 is 2.56 bits per heavy atom. The van der Waals surface area contributed by atoms with Gasteiger partial charge in [0.15, 0.2) is 11.6 Å². The number of benzene rings is 1. The highest BCUT2D eigenvalue weighted by atomic mass is 19.1. The zero-order valence-electron chi connectivity index (χ0n) is 11.2. The molecule has 0 aliphatic rings.